The van der Waals surface area contributed by atoms with Crippen molar-refractivity contribution in [3.8, 4) is 0 Å². The fourth-order valence-corrected chi connectivity index (χ4v) is 2.87. The van der Waals surface area contributed by atoms with E-state index in [9.17, 15) is 14.4 Å². The van der Waals surface area contributed by atoms with E-state index in [2.05, 4.69) is 20.0 Å². The van der Waals surface area contributed by atoms with Crippen molar-refractivity contribution in [2.75, 3.05) is 43.5 Å². The number of piperazine rings is 1. The Morgan fingerprint density at radius 2 is 1.68 bits per heavy atom. The highest BCUT2D eigenvalue weighted by atomic mass is 16.5. The van der Waals surface area contributed by atoms with Crippen LogP contribution >= 0.6 is 0 Å². The monoisotopic (exact) mass is 383 g/mol. The van der Waals surface area contributed by atoms with Gasteiger partial charge in [-0.3, -0.25) is 9.59 Å². The normalized spacial score (nSPS) is 13.8. The Hall–Kier alpha value is -3.49. The number of anilines is 2. The summed E-state index contributed by atoms with van der Waals surface area (Å²) in [5.74, 6) is -0.433. The maximum absolute atomic E-state index is 12.4. The van der Waals surface area contributed by atoms with Crippen LogP contribution in [0.15, 0.2) is 42.7 Å². The molecule has 1 saturated heterocycles. The quantitative estimate of drug-likeness (QED) is 0.605. The summed E-state index contributed by atoms with van der Waals surface area (Å²) in [5.41, 5.74) is 0.897. The number of hydrogen-bond acceptors (Lipinski definition) is 7. The molecule has 1 fully saturated rings. The number of rotatable bonds is 5. The summed E-state index contributed by atoms with van der Waals surface area (Å²) in [6, 6.07) is 8.04. The predicted molar refractivity (Wildman–Crippen MR) is 102 cm³/mol. The van der Waals surface area contributed by atoms with Gasteiger partial charge in [0.05, 0.1) is 12.7 Å². The molecule has 2 amide bonds. The minimum Gasteiger partial charge on any atom is -0.465 e. The highest BCUT2D eigenvalue weighted by molar-refractivity contribution is 6.03. The topological polar surface area (TPSA) is 105 Å². The van der Waals surface area contributed by atoms with Gasteiger partial charge in [0, 0.05) is 44.3 Å². The Labute approximate surface area is 162 Å². The molecule has 28 heavy (non-hydrogen) atoms. The van der Waals surface area contributed by atoms with E-state index in [1.807, 2.05) is 4.90 Å². The molecule has 1 aromatic heterocycles. The number of methoxy groups -OCH3 is 1. The van der Waals surface area contributed by atoms with Crippen LogP contribution in [-0.2, 0) is 14.3 Å². The van der Waals surface area contributed by atoms with Gasteiger partial charge in [0.1, 0.15) is 6.42 Å². The third-order valence-electron chi connectivity index (χ3n) is 4.37. The maximum Gasteiger partial charge on any atom is 0.337 e. The standard InChI is InChI=1S/C19H21N5O4/c1-28-18(27)14-3-5-15(6-4-14)22-16(25)13-17(26)23-9-11-24(12-10-23)19-20-7-2-8-21-19/h2-8H,9-13H2,1H3,(H,22,25). The molecule has 9 nitrogen and oxygen atoms in total. The molecule has 1 N–H and O–H groups in total. The average Bonchev–Trinajstić information content (AvgIpc) is 2.74. The second kappa shape index (κ2) is 8.94. The van der Waals surface area contributed by atoms with E-state index in [1.165, 1.54) is 7.11 Å². The Kier molecular flexibility index (Phi) is 6.15. The van der Waals surface area contributed by atoms with E-state index in [0.717, 1.165) is 0 Å². The van der Waals surface area contributed by atoms with Crippen molar-refractivity contribution in [2.24, 2.45) is 0 Å². The number of carbonyl (C=O) groups excluding carboxylic acids is 3. The Morgan fingerprint density at radius 1 is 1.04 bits per heavy atom. The number of amides is 2. The van der Waals surface area contributed by atoms with Crippen molar-refractivity contribution in [3.63, 3.8) is 0 Å². The molecule has 1 aliphatic heterocycles. The lowest BCUT2D eigenvalue weighted by Gasteiger charge is -2.34. The van der Waals surface area contributed by atoms with E-state index in [-0.39, 0.29) is 12.3 Å². The lowest BCUT2D eigenvalue weighted by molar-refractivity contribution is -0.134. The van der Waals surface area contributed by atoms with Crippen LogP contribution in [0, 0.1) is 0 Å². The first-order valence-corrected chi connectivity index (χ1v) is 8.85. The molecule has 2 heterocycles. The zero-order valence-electron chi connectivity index (χ0n) is 15.5. The van der Waals surface area contributed by atoms with Crippen LogP contribution in [0.2, 0.25) is 0 Å². The Bertz CT molecular complexity index is 833. The lowest BCUT2D eigenvalue weighted by Crippen LogP contribution is -2.49. The number of hydrogen-bond donors (Lipinski definition) is 1. The maximum atomic E-state index is 12.4. The summed E-state index contributed by atoms with van der Waals surface area (Å²) in [6.45, 7) is 2.26. The van der Waals surface area contributed by atoms with Gasteiger partial charge in [-0.15, -0.1) is 0 Å². The van der Waals surface area contributed by atoms with Gasteiger partial charge in [-0.2, -0.15) is 0 Å². The first kappa shape index (κ1) is 19.3. The molecule has 0 spiro atoms. The summed E-state index contributed by atoms with van der Waals surface area (Å²) in [6.07, 6.45) is 3.13. The van der Waals surface area contributed by atoms with E-state index in [4.69, 9.17) is 0 Å². The minimum atomic E-state index is -0.451. The van der Waals surface area contributed by atoms with E-state index < -0.39 is 11.9 Å². The number of aromatic nitrogens is 2. The van der Waals surface area contributed by atoms with Gasteiger partial charge in [0.25, 0.3) is 0 Å². The van der Waals surface area contributed by atoms with Gasteiger partial charge >= 0.3 is 5.97 Å². The molecule has 1 aromatic carbocycles. The van der Waals surface area contributed by atoms with Crippen LogP contribution in [0.5, 0.6) is 0 Å². The predicted octanol–water partition coefficient (Wildman–Crippen LogP) is 0.941. The summed E-state index contributed by atoms with van der Waals surface area (Å²) < 4.78 is 4.63. The fraction of sp³-hybridized carbons (Fsp3) is 0.316. The van der Waals surface area contributed by atoms with Crippen molar-refractivity contribution >= 4 is 29.4 Å². The van der Waals surface area contributed by atoms with Crippen LogP contribution in [0.4, 0.5) is 11.6 Å². The second-order valence-corrected chi connectivity index (χ2v) is 6.21. The van der Waals surface area contributed by atoms with Gasteiger partial charge in [0.2, 0.25) is 17.8 Å². The Balaban J connectivity index is 1.47. The molecule has 3 rings (SSSR count). The van der Waals surface area contributed by atoms with E-state index in [1.54, 1.807) is 47.6 Å². The molecule has 0 saturated carbocycles. The van der Waals surface area contributed by atoms with Crippen LogP contribution in [-0.4, -0.2) is 65.9 Å². The smallest absolute Gasteiger partial charge is 0.337 e. The third kappa shape index (κ3) is 4.81. The summed E-state index contributed by atoms with van der Waals surface area (Å²) in [5, 5.41) is 2.66. The molecule has 0 aliphatic carbocycles. The third-order valence-corrected chi connectivity index (χ3v) is 4.37. The van der Waals surface area contributed by atoms with Crippen molar-refractivity contribution in [1.82, 2.24) is 14.9 Å². The van der Waals surface area contributed by atoms with Gasteiger partial charge in [0.15, 0.2) is 0 Å². The van der Waals surface area contributed by atoms with Gasteiger partial charge in [-0.25, -0.2) is 14.8 Å². The largest absolute Gasteiger partial charge is 0.465 e. The van der Waals surface area contributed by atoms with Crippen molar-refractivity contribution < 1.29 is 19.1 Å². The van der Waals surface area contributed by atoms with Crippen LogP contribution in [0.1, 0.15) is 16.8 Å². The number of nitrogens with one attached hydrogen (secondary N) is 1. The SMILES string of the molecule is COC(=O)c1ccc(NC(=O)CC(=O)N2CCN(c3ncccn3)CC2)cc1. The van der Waals surface area contributed by atoms with Crippen LogP contribution in [0.3, 0.4) is 0 Å². The molecule has 9 heteroatoms. The number of esters is 1. The molecule has 0 atom stereocenters. The number of benzene rings is 1. The summed E-state index contributed by atoms with van der Waals surface area (Å²) in [7, 11) is 1.30. The van der Waals surface area contributed by atoms with Gasteiger partial charge in [-0.1, -0.05) is 0 Å². The Morgan fingerprint density at radius 3 is 2.29 bits per heavy atom. The highest BCUT2D eigenvalue weighted by Gasteiger charge is 2.24. The first-order valence-electron chi connectivity index (χ1n) is 8.85. The average molecular weight is 383 g/mol. The number of carbonyl (C=O) groups is 3. The molecule has 1 aliphatic rings. The van der Waals surface area contributed by atoms with Crippen molar-refractivity contribution in [1.29, 1.82) is 0 Å². The minimum absolute atomic E-state index is 0.225. The summed E-state index contributed by atoms with van der Waals surface area (Å²) in [4.78, 5) is 48.0. The summed E-state index contributed by atoms with van der Waals surface area (Å²) >= 11 is 0. The van der Waals surface area contributed by atoms with E-state index >= 15 is 0 Å². The van der Waals surface area contributed by atoms with Crippen LogP contribution in [0.25, 0.3) is 0 Å². The zero-order valence-corrected chi connectivity index (χ0v) is 15.5. The lowest BCUT2D eigenvalue weighted by atomic mass is 10.2. The van der Waals surface area contributed by atoms with Gasteiger partial charge in [-0.05, 0) is 30.3 Å². The second-order valence-electron chi connectivity index (χ2n) is 6.21. The molecular formula is C19H21N5O4. The van der Waals surface area contributed by atoms with Crippen molar-refractivity contribution in [3.05, 3.63) is 48.3 Å². The zero-order chi connectivity index (χ0) is 19.9. The first-order chi connectivity index (χ1) is 13.6. The molecule has 0 bridgehead atoms. The molecule has 0 unspecified atom stereocenters. The van der Waals surface area contributed by atoms with Gasteiger partial charge < -0.3 is 19.9 Å². The number of nitrogens with zero attached hydrogens (tertiary/aromatic N) is 4. The van der Waals surface area contributed by atoms with Crippen molar-refractivity contribution in [2.45, 2.75) is 6.42 Å². The molecule has 146 valence electrons. The highest BCUT2D eigenvalue weighted by Crippen LogP contribution is 2.13. The molecule has 2 aromatic rings. The fourth-order valence-electron chi connectivity index (χ4n) is 2.87. The van der Waals surface area contributed by atoms with E-state index in [0.29, 0.717) is 43.4 Å². The molecular weight excluding hydrogens is 362 g/mol. The molecule has 0 radical (unpaired) electrons. The van der Waals surface area contributed by atoms with Crippen LogP contribution < -0.4 is 10.2 Å². The number of ether oxygens (including phenoxy) is 1.